The van der Waals surface area contributed by atoms with E-state index in [-0.39, 0.29) is 12.7 Å². The van der Waals surface area contributed by atoms with Crippen molar-refractivity contribution in [2.24, 2.45) is 0 Å². The number of morpholine rings is 1. The smallest absolute Gasteiger partial charge is 0.251 e. The standard InChI is InChI=1S/C19H20N2O4/c22-19(14-5-6-17-18(11-14)25-13-24-17)20-12-15-3-1-2-4-16(15)21-7-9-23-10-8-21/h1-6,11H,7-10,12-13H2,(H,20,22). The Balaban J connectivity index is 1.45. The van der Waals surface area contributed by atoms with Crippen LogP contribution in [0.2, 0.25) is 0 Å². The van der Waals surface area contributed by atoms with Gasteiger partial charge >= 0.3 is 0 Å². The molecule has 0 radical (unpaired) electrons. The van der Waals surface area contributed by atoms with Crippen LogP contribution in [0.4, 0.5) is 5.69 Å². The fourth-order valence-corrected chi connectivity index (χ4v) is 3.09. The molecule has 6 heteroatoms. The first-order valence-corrected chi connectivity index (χ1v) is 8.40. The topological polar surface area (TPSA) is 60.0 Å². The zero-order valence-electron chi connectivity index (χ0n) is 13.9. The maximum atomic E-state index is 12.5. The number of anilines is 1. The summed E-state index contributed by atoms with van der Waals surface area (Å²) >= 11 is 0. The fraction of sp³-hybridized carbons (Fsp3) is 0.316. The predicted octanol–water partition coefficient (Wildman–Crippen LogP) is 2.18. The lowest BCUT2D eigenvalue weighted by molar-refractivity contribution is 0.0950. The molecule has 6 nitrogen and oxygen atoms in total. The van der Waals surface area contributed by atoms with Gasteiger partial charge in [-0.2, -0.15) is 0 Å². The summed E-state index contributed by atoms with van der Waals surface area (Å²) in [6.45, 7) is 3.88. The van der Waals surface area contributed by atoms with E-state index in [1.165, 1.54) is 0 Å². The Hall–Kier alpha value is -2.73. The van der Waals surface area contributed by atoms with Crippen LogP contribution in [0, 0.1) is 0 Å². The molecule has 1 fully saturated rings. The van der Waals surface area contributed by atoms with Gasteiger partial charge in [0.25, 0.3) is 5.91 Å². The van der Waals surface area contributed by atoms with Crippen LogP contribution in [0.25, 0.3) is 0 Å². The zero-order valence-corrected chi connectivity index (χ0v) is 13.9. The Morgan fingerprint density at radius 2 is 1.84 bits per heavy atom. The lowest BCUT2D eigenvalue weighted by Crippen LogP contribution is -2.37. The maximum Gasteiger partial charge on any atom is 0.251 e. The number of nitrogens with zero attached hydrogens (tertiary/aromatic N) is 1. The van der Waals surface area contributed by atoms with Gasteiger partial charge in [0.1, 0.15) is 0 Å². The summed E-state index contributed by atoms with van der Waals surface area (Å²) in [6, 6.07) is 13.4. The summed E-state index contributed by atoms with van der Waals surface area (Å²) in [4.78, 5) is 14.8. The quantitative estimate of drug-likeness (QED) is 0.924. The summed E-state index contributed by atoms with van der Waals surface area (Å²) < 4.78 is 16.0. The van der Waals surface area contributed by atoms with E-state index in [0.29, 0.717) is 23.6 Å². The molecule has 2 aromatic rings. The summed E-state index contributed by atoms with van der Waals surface area (Å²) in [5.74, 6) is 1.16. The fourth-order valence-electron chi connectivity index (χ4n) is 3.09. The Kier molecular flexibility index (Phi) is 4.43. The van der Waals surface area contributed by atoms with Crippen LogP contribution in [0.5, 0.6) is 11.5 Å². The largest absolute Gasteiger partial charge is 0.454 e. The molecule has 2 aromatic carbocycles. The number of hydrogen-bond donors (Lipinski definition) is 1. The summed E-state index contributed by atoms with van der Waals surface area (Å²) in [5.41, 5.74) is 2.81. The highest BCUT2D eigenvalue weighted by atomic mass is 16.7. The van der Waals surface area contributed by atoms with Crippen LogP contribution >= 0.6 is 0 Å². The van der Waals surface area contributed by atoms with Gasteiger partial charge in [-0.3, -0.25) is 4.79 Å². The SMILES string of the molecule is O=C(NCc1ccccc1N1CCOCC1)c1ccc2c(c1)OCO2. The van der Waals surface area contributed by atoms with Crippen LogP contribution in [0.1, 0.15) is 15.9 Å². The lowest BCUT2D eigenvalue weighted by Gasteiger charge is -2.30. The third-order valence-corrected chi connectivity index (χ3v) is 4.42. The normalized spacial score (nSPS) is 15.9. The molecule has 2 heterocycles. The number of hydrogen-bond acceptors (Lipinski definition) is 5. The molecule has 0 atom stereocenters. The Morgan fingerprint density at radius 1 is 1.04 bits per heavy atom. The minimum atomic E-state index is -0.130. The zero-order chi connectivity index (χ0) is 17.1. The van der Waals surface area contributed by atoms with E-state index in [4.69, 9.17) is 14.2 Å². The lowest BCUT2D eigenvalue weighted by atomic mass is 10.1. The van der Waals surface area contributed by atoms with E-state index in [1.807, 2.05) is 18.2 Å². The van der Waals surface area contributed by atoms with E-state index in [0.717, 1.165) is 37.6 Å². The molecule has 2 aliphatic rings. The number of para-hydroxylation sites is 1. The average molecular weight is 340 g/mol. The molecule has 0 saturated carbocycles. The molecule has 1 amide bonds. The molecule has 4 rings (SSSR count). The van der Waals surface area contributed by atoms with Crippen LogP contribution < -0.4 is 19.7 Å². The van der Waals surface area contributed by atoms with Crippen molar-refractivity contribution in [2.45, 2.75) is 6.54 Å². The summed E-state index contributed by atoms with van der Waals surface area (Å²) in [6.07, 6.45) is 0. The number of carbonyl (C=O) groups is 1. The van der Waals surface area contributed by atoms with Crippen molar-refractivity contribution >= 4 is 11.6 Å². The van der Waals surface area contributed by atoms with E-state index in [9.17, 15) is 4.79 Å². The second-order valence-electron chi connectivity index (χ2n) is 5.98. The number of fused-ring (bicyclic) bond motifs is 1. The molecule has 0 aliphatic carbocycles. The van der Waals surface area contributed by atoms with Gasteiger partial charge in [0.15, 0.2) is 11.5 Å². The van der Waals surface area contributed by atoms with Crippen molar-refractivity contribution in [2.75, 3.05) is 38.0 Å². The molecule has 0 spiro atoms. The summed E-state index contributed by atoms with van der Waals surface area (Å²) in [7, 11) is 0. The Bertz CT molecular complexity index is 772. The minimum Gasteiger partial charge on any atom is -0.454 e. The van der Waals surface area contributed by atoms with Crippen molar-refractivity contribution in [3.63, 3.8) is 0 Å². The molecule has 0 aromatic heterocycles. The highest BCUT2D eigenvalue weighted by molar-refractivity contribution is 5.95. The first kappa shape index (κ1) is 15.8. The van der Waals surface area contributed by atoms with E-state index < -0.39 is 0 Å². The van der Waals surface area contributed by atoms with Gasteiger partial charge < -0.3 is 24.4 Å². The number of amides is 1. The highest BCUT2D eigenvalue weighted by Crippen LogP contribution is 2.32. The Labute approximate surface area is 146 Å². The molecule has 130 valence electrons. The van der Waals surface area contributed by atoms with Crippen LogP contribution in [-0.4, -0.2) is 39.0 Å². The number of ether oxygens (including phenoxy) is 3. The van der Waals surface area contributed by atoms with Gasteiger partial charge in [-0.05, 0) is 29.8 Å². The van der Waals surface area contributed by atoms with Crippen molar-refractivity contribution in [3.8, 4) is 11.5 Å². The van der Waals surface area contributed by atoms with Gasteiger partial charge in [-0.25, -0.2) is 0 Å². The number of carbonyl (C=O) groups excluding carboxylic acids is 1. The number of rotatable bonds is 4. The number of nitrogens with one attached hydrogen (secondary N) is 1. The molecular weight excluding hydrogens is 320 g/mol. The summed E-state index contributed by atoms with van der Waals surface area (Å²) in [5, 5.41) is 2.99. The first-order chi connectivity index (χ1) is 12.3. The van der Waals surface area contributed by atoms with Gasteiger partial charge in [0, 0.05) is 30.9 Å². The predicted molar refractivity (Wildman–Crippen MR) is 93.2 cm³/mol. The highest BCUT2D eigenvalue weighted by Gasteiger charge is 2.17. The molecule has 1 N–H and O–H groups in total. The third kappa shape index (κ3) is 3.39. The van der Waals surface area contributed by atoms with Gasteiger partial charge in [0.2, 0.25) is 6.79 Å². The third-order valence-electron chi connectivity index (χ3n) is 4.42. The van der Waals surface area contributed by atoms with Crippen molar-refractivity contribution in [3.05, 3.63) is 53.6 Å². The minimum absolute atomic E-state index is 0.130. The molecule has 1 saturated heterocycles. The van der Waals surface area contributed by atoms with Crippen molar-refractivity contribution in [1.29, 1.82) is 0 Å². The van der Waals surface area contributed by atoms with Crippen molar-refractivity contribution < 1.29 is 19.0 Å². The van der Waals surface area contributed by atoms with Crippen LogP contribution in [-0.2, 0) is 11.3 Å². The molecular formula is C19H20N2O4. The van der Waals surface area contributed by atoms with Crippen molar-refractivity contribution in [1.82, 2.24) is 5.32 Å². The molecule has 25 heavy (non-hydrogen) atoms. The second-order valence-corrected chi connectivity index (χ2v) is 5.98. The van der Waals surface area contributed by atoms with Crippen LogP contribution in [0.15, 0.2) is 42.5 Å². The second kappa shape index (κ2) is 7.03. The Morgan fingerprint density at radius 3 is 2.72 bits per heavy atom. The van der Waals surface area contributed by atoms with Crippen LogP contribution in [0.3, 0.4) is 0 Å². The first-order valence-electron chi connectivity index (χ1n) is 8.40. The van der Waals surface area contributed by atoms with Gasteiger partial charge in [-0.1, -0.05) is 18.2 Å². The van der Waals surface area contributed by atoms with E-state index in [1.54, 1.807) is 18.2 Å². The van der Waals surface area contributed by atoms with Gasteiger partial charge in [-0.15, -0.1) is 0 Å². The number of benzene rings is 2. The molecule has 0 bridgehead atoms. The molecule has 0 unspecified atom stereocenters. The average Bonchev–Trinajstić information content (AvgIpc) is 3.15. The molecule has 2 aliphatic heterocycles. The van der Waals surface area contributed by atoms with E-state index in [2.05, 4.69) is 16.3 Å². The monoisotopic (exact) mass is 340 g/mol. The van der Waals surface area contributed by atoms with Gasteiger partial charge in [0.05, 0.1) is 13.2 Å². The maximum absolute atomic E-state index is 12.5. The van der Waals surface area contributed by atoms with E-state index >= 15 is 0 Å².